The molecule has 1 unspecified atom stereocenters. The molecule has 74 valence electrons. The molecule has 0 aromatic carbocycles. The van der Waals surface area contributed by atoms with Gasteiger partial charge in [-0.1, -0.05) is 19.0 Å². The van der Waals surface area contributed by atoms with Crippen molar-refractivity contribution in [1.29, 1.82) is 0 Å². The predicted octanol–water partition coefficient (Wildman–Crippen LogP) is 2.23. The first-order chi connectivity index (χ1) is 6.26. The molecule has 0 bridgehead atoms. The van der Waals surface area contributed by atoms with Crippen LogP contribution in [0, 0.1) is 0 Å². The molecule has 1 aliphatic heterocycles. The minimum atomic E-state index is -0.435. The highest BCUT2D eigenvalue weighted by atomic mass is 16.7. The predicted molar refractivity (Wildman–Crippen MR) is 48.2 cm³/mol. The van der Waals surface area contributed by atoms with E-state index >= 15 is 0 Å². The quantitative estimate of drug-likeness (QED) is 0.383. The molecule has 0 spiro atoms. The average Bonchev–Trinajstić information content (AvgIpc) is 2.59. The van der Waals surface area contributed by atoms with Crippen LogP contribution < -0.4 is 0 Å². The largest absolute Gasteiger partial charge is 0.347 e. The molecule has 13 heavy (non-hydrogen) atoms. The molecule has 5 nitrogen and oxygen atoms in total. The summed E-state index contributed by atoms with van der Waals surface area (Å²) in [5.41, 5.74) is 8.13. The molecule has 0 aliphatic carbocycles. The van der Waals surface area contributed by atoms with Crippen molar-refractivity contribution >= 4 is 0 Å². The van der Waals surface area contributed by atoms with E-state index in [1.165, 1.54) is 0 Å². The van der Waals surface area contributed by atoms with E-state index in [9.17, 15) is 0 Å². The van der Waals surface area contributed by atoms with Crippen LogP contribution in [-0.2, 0) is 9.47 Å². The molecule has 0 N–H and O–H groups in total. The van der Waals surface area contributed by atoms with Crippen molar-refractivity contribution in [3.05, 3.63) is 10.4 Å². The summed E-state index contributed by atoms with van der Waals surface area (Å²) in [5, 5.41) is 3.46. The van der Waals surface area contributed by atoms with Gasteiger partial charge in [-0.05, 0) is 18.4 Å². The number of rotatable bonds is 4. The van der Waals surface area contributed by atoms with E-state index in [0.29, 0.717) is 13.2 Å². The molecule has 1 fully saturated rings. The van der Waals surface area contributed by atoms with Crippen LogP contribution in [0.15, 0.2) is 5.11 Å². The van der Waals surface area contributed by atoms with E-state index in [2.05, 4.69) is 10.0 Å². The molecule has 1 rings (SSSR count). The maximum atomic E-state index is 8.13. The first-order valence-corrected chi connectivity index (χ1v) is 4.59. The maximum absolute atomic E-state index is 8.13. The molecule has 1 atom stereocenters. The Labute approximate surface area is 77.6 Å². The van der Waals surface area contributed by atoms with Crippen LogP contribution in [-0.4, -0.2) is 25.0 Å². The van der Waals surface area contributed by atoms with Crippen LogP contribution in [0.5, 0.6) is 0 Å². The summed E-state index contributed by atoms with van der Waals surface area (Å²) in [4.78, 5) is 2.69. The molecule has 1 aliphatic rings. The molecule has 0 aromatic rings. The third-order valence-corrected chi connectivity index (χ3v) is 2.34. The molecule has 0 aromatic heterocycles. The van der Waals surface area contributed by atoms with Crippen LogP contribution in [0.4, 0.5) is 0 Å². The van der Waals surface area contributed by atoms with Crippen molar-refractivity contribution in [2.75, 3.05) is 13.2 Å². The Bertz CT molecular complexity index is 209. The van der Waals surface area contributed by atoms with Crippen LogP contribution in [0.25, 0.3) is 10.4 Å². The average molecular weight is 185 g/mol. The van der Waals surface area contributed by atoms with Gasteiger partial charge in [0.25, 0.3) is 0 Å². The van der Waals surface area contributed by atoms with Crippen molar-refractivity contribution in [2.24, 2.45) is 5.11 Å². The Hall–Kier alpha value is -0.770. The number of hydrogen-bond acceptors (Lipinski definition) is 3. The van der Waals surface area contributed by atoms with Crippen molar-refractivity contribution < 1.29 is 9.47 Å². The molecule has 5 heteroatoms. The lowest BCUT2D eigenvalue weighted by Crippen LogP contribution is -2.29. The summed E-state index contributed by atoms with van der Waals surface area (Å²) in [6.07, 6.45) is 1.59. The van der Waals surface area contributed by atoms with Gasteiger partial charge >= 0.3 is 0 Å². The van der Waals surface area contributed by atoms with Crippen molar-refractivity contribution in [3.63, 3.8) is 0 Å². The number of nitrogens with zero attached hydrogens (tertiary/aromatic N) is 3. The first-order valence-electron chi connectivity index (χ1n) is 4.59. The van der Waals surface area contributed by atoms with Crippen molar-refractivity contribution in [3.8, 4) is 0 Å². The van der Waals surface area contributed by atoms with Crippen LogP contribution in [0.1, 0.15) is 26.7 Å². The second-order valence-electron chi connectivity index (χ2n) is 3.08. The molecule has 1 heterocycles. The van der Waals surface area contributed by atoms with Gasteiger partial charge in [-0.25, -0.2) is 0 Å². The highest BCUT2D eigenvalue weighted by Gasteiger charge is 2.37. The smallest absolute Gasteiger partial charge is 0.168 e. The fourth-order valence-corrected chi connectivity index (χ4v) is 1.45. The Morgan fingerprint density at radius 2 is 2.23 bits per heavy atom. The fraction of sp³-hybridized carbons (Fsp3) is 1.00. The summed E-state index contributed by atoms with van der Waals surface area (Å²) in [6.45, 7) is 4.94. The van der Waals surface area contributed by atoms with Gasteiger partial charge in [-0.2, -0.15) is 0 Å². The fourth-order valence-electron chi connectivity index (χ4n) is 1.45. The highest BCUT2D eigenvalue weighted by Crippen LogP contribution is 2.30. The summed E-state index contributed by atoms with van der Waals surface area (Å²) in [5.74, 6) is -0.435. The van der Waals surface area contributed by atoms with E-state index < -0.39 is 5.79 Å². The third-order valence-electron chi connectivity index (χ3n) is 2.34. The van der Waals surface area contributed by atoms with Crippen LogP contribution in [0.3, 0.4) is 0 Å². The van der Waals surface area contributed by atoms with E-state index in [1.54, 1.807) is 0 Å². The number of hydrogen-bond donors (Lipinski definition) is 0. The first kappa shape index (κ1) is 10.3. The molecule has 0 saturated carbocycles. The van der Waals surface area contributed by atoms with E-state index in [-0.39, 0.29) is 6.10 Å². The van der Waals surface area contributed by atoms with E-state index in [0.717, 1.165) is 12.8 Å². The van der Waals surface area contributed by atoms with Gasteiger partial charge in [-0.3, -0.25) is 0 Å². The second-order valence-corrected chi connectivity index (χ2v) is 3.08. The highest BCUT2D eigenvalue weighted by molar-refractivity contribution is 4.77. The Balaban J connectivity index is 2.46. The summed E-state index contributed by atoms with van der Waals surface area (Å²) >= 11 is 0. The summed E-state index contributed by atoms with van der Waals surface area (Å²) in [6, 6.07) is 0. The lowest BCUT2D eigenvalue weighted by atomic mass is 10.1. The zero-order valence-corrected chi connectivity index (χ0v) is 8.06. The molecular formula is C8H15N3O2. The second kappa shape index (κ2) is 4.46. The van der Waals surface area contributed by atoms with Gasteiger partial charge in [0, 0.05) is 4.91 Å². The normalized spacial score (nSPS) is 25.5. The molecule has 1 saturated heterocycles. The Morgan fingerprint density at radius 1 is 1.54 bits per heavy atom. The third kappa shape index (κ3) is 2.34. The number of ether oxygens (including phenoxy) is 2. The number of azide groups is 1. The molecule has 0 radical (unpaired) electrons. The minimum absolute atomic E-state index is 0.0733. The van der Waals surface area contributed by atoms with Gasteiger partial charge in [0.2, 0.25) is 0 Å². The molecule has 0 amide bonds. The SMILES string of the molecule is CCC1(CC)OCC(CN=[N+]=[N-])O1. The maximum Gasteiger partial charge on any atom is 0.168 e. The lowest BCUT2D eigenvalue weighted by Gasteiger charge is -2.24. The van der Waals surface area contributed by atoms with Gasteiger partial charge in [0.05, 0.1) is 19.3 Å². The Morgan fingerprint density at radius 3 is 2.69 bits per heavy atom. The molecular weight excluding hydrogens is 170 g/mol. The minimum Gasteiger partial charge on any atom is -0.347 e. The zero-order chi connectivity index (χ0) is 9.73. The van der Waals surface area contributed by atoms with Crippen LogP contribution in [0.2, 0.25) is 0 Å². The standard InChI is InChI=1S/C8H15N3O2/c1-3-8(4-2)12-6-7(13-8)5-10-11-9/h7H,3-6H2,1-2H3. The summed E-state index contributed by atoms with van der Waals surface area (Å²) in [7, 11) is 0. The Kier molecular flexibility index (Phi) is 3.54. The van der Waals surface area contributed by atoms with Gasteiger partial charge in [0.15, 0.2) is 5.79 Å². The van der Waals surface area contributed by atoms with Gasteiger partial charge in [-0.15, -0.1) is 0 Å². The summed E-state index contributed by atoms with van der Waals surface area (Å²) < 4.78 is 11.2. The monoisotopic (exact) mass is 185 g/mol. The van der Waals surface area contributed by atoms with Gasteiger partial charge < -0.3 is 9.47 Å². The van der Waals surface area contributed by atoms with E-state index in [1.807, 2.05) is 13.8 Å². The lowest BCUT2D eigenvalue weighted by molar-refractivity contribution is -0.170. The van der Waals surface area contributed by atoms with Crippen molar-refractivity contribution in [1.82, 2.24) is 0 Å². The topological polar surface area (TPSA) is 67.2 Å². The van der Waals surface area contributed by atoms with Crippen molar-refractivity contribution in [2.45, 2.75) is 38.6 Å². The van der Waals surface area contributed by atoms with E-state index in [4.69, 9.17) is 15.0 Å². The van der Waals surface area contributed by atoms with Gasteiger partial charge in [0.1, 0.15) is 0 Å². The zero-order valence-electron chi connectivity index (χ0n) is 8.06. The van der Waals surface area contributed by atoms with Crippen LogP contribution >= 0.6 is 0 Å².